The molecule has 2 aromatic rings. The average molecular weight is 378 g/mol. The van der Waals surface area contributed by atoms with Gasteiger partial charge in [0.25, 0.3) is 0 Å². The van der Waals surface area contributed by atoms with Crippen molar-refractivity contribution in [2.75, 3.05) is 11.9 Å². The van der Waals surface area contributed by atoms with Crippen LogP contribution in [0.2, 0.25) is 0 Å². The smallest absolute Gasteiger partial charge is 0.313 e. The number of hydrogen-bond donors (Lipinski definition) is 2. The molecule has 2 atom stereocenters. The standard InChI is InChI=1S/C19H17F3N2O3/c20-12-5-3-11(4-6-12)17(16-2-1-9-27-16)24-19(26)18(25)23-15-10-13(21)7-8-14(15)22/h3-8,10,16-17H,1-2,9H2,(H,23,25)(H,24,26). The maximum atomic E-state index is 13.6. The largest absolute Gasteiger partial charge is 0.376 e. The maximum absolute atomic E-state index is 13.6. The molecular formula is C19H17F3N2O3. The monoisotopic (exact) mass is 378 g/mol. The van der Waals surface area contributed by atoms with Gasteiger partial charge < -0.3 is 15.4 Å². The molecule has 1 fully saturated rings. The van der Waals surface area contributed by atoms with E-state index in [9.17, 15) is 22.8 Å². The second-order valence-corrected chi connectivity index (χ2v) is 6.13. The number of rotatable bonds is 4. The highest BCUT2D eigenvalue weighted by molar-refractivity contribution is 6.39. The van der Waals surface area contributed by atoms with Crippen LogP contribution in [0, 0.1) is 17.5 Å². The quantitative estimate of drug-likeness (QED) is 0.804. The zero-order valence-corrected chi connectivity index (χ0v) is 14.2. The number of carbonyl (C=O) groups excluding carboxylic acids is 2. The van der Waals surface area contributed by atoms with Crippen LogP contribution in [0.15, 0.2) is 42.5 Å². The van der Waals surface area contributed by atoms with E-state index in [0.717, 1.165) is 24.6 Å². The van der Waals surface area contributed by atoms with E-state index in [1.807, 2.05) is 5.32 Å². The number of carbonyl (C=O) groups is 2. The van der Waals surface area contributed by atoms with Crippen molar-refractivity contribution < 1.29 is 27.5 Å². The Labute approximate surface area is 153 Å². The molecule has 2 aromatic carbocycles. The van der Waals surface area contributed by atoms with Crippen molar-refractivity contribution in [2.45, 2.75) is 25.0 Å². The zero-order valence-electron chi connectivity index (χ0n) is 14.2. The molecule has 1 aliphatic heterocycles. The SMILES string of the molecule is O=C(Nc1cc(F)ccc1F)C(=O)NC(c1ccc(F)cc1)C1CCCO1. The predicted octanol–water partition coefficient (Wildman–Crippen LogP) is 3.08. The average Bonchev–Trinajstić information content (AvgIpc) is 3.18. The molecule has 1 aliphatic rings. The number of halogens is 3. The number of hydrogen-bond acceptors (Lipinski definition) is 3. The summed E-state index contributed by atoms with van der Waals surface area (Å²) in [6, 6.07) is 7.31. The lowest BCUT2D eigenvalue weighted by atomic mass is 9.99. The van der Waals surface area contributed by atoms with Crippen LogP contribution in [-0.4, -0.2) is 24.5 Å². The summed E-state index contributed by atoms with van der Waals surface area (Å²) in [5, 5.41) is 4.57. The van der Waals surface area contributed by atoms with Crippen LogP contribution in [0.3, 0.4) is 0 Å². The molecule has 0 saturated carbocycles. The first-order valence-electron chi connectivity index (χ1n) is 8.38. The molecule has 1 heterocycles. The van der Waals surface area contributed by atoms with E-state index in [4.69, 9.17) is 4.74 Å². The fourth-order valence-corrected chi connectivity index (χ4v) is 2.91. The first-order chi connectivity index (χ1) is 12.9. The van der Waals surface area contributed by atoms with E-state index in [1.165, 1.54) is 24.3 Å². The first-order valence-corrected chi connectivity index (χ1v) is 8.38. The molecule has 0 aromatic heterocycles. The van der Waals surface area contributed by atoms with Crippen molar-refractivity contribution in [1.82, 2.24) is 5.32 Å². The van der Waals surface area contributed by atoms with Crippen molar-refractivity contribution in [3.8, 4) is 0 Å². The maximum Gasteiger partial charge on any atom is 0.313 e. The second-order valence-electron chi connectivity index (χ2n) is 6.13. The van der Waals surface area contributed by atoms with Gasteiger partial charge in [-0.3, -0.25) is 9.59 Å². The van der Waals surface area contributed by atoms with E-state index in [2.05, 4.69) is 5.32 Å². The minimum Gasteiger partial charge on any atom is -0.376 e. The van der Waals surface area contributed by atoms with Gasteiger partial charge in [-0.2, -0.15) is 0 Å². The normalized spacial score (nSPS) is 17.4. The van der Waals surface area contributed by atoms with Crippen LogP contribution in [0.5, 0.6) is 0 Å². The first kappa shape index (κ1) is 18.9. The lowest BCUT2D eigenvalue weighted by Crippen LogP contribution is -2.42. The van der Waals surface area contributed by atoms with Gasteiger partial charge in [0.15, 0.2) is 0 Å². The Morgan fingerprint density at radius 2 is 1.70 bits per heavy atom. The molecule has 27 heavy (non-hydrogen) atoms. The van der Waals surface area contributed by atoms with Gasteiger partial charge in [-0.1, -0.05) is 12.1 Å². The lowest BCUT2D eigenvalue weighted by molar-refractivity contribution is -0.137. The molecule has 0 aliphatic carbocycles. The van der Waals surface area contributed by atoms with Gasteiger partial charge in [0.2, 0.25) is 0 Å². The fourth-order valence-electron chi connectivity index (χ4n) is 2.91. The Kier molecular flexibility index (Phi) is 5.75. The highest BCUT2D eigenvalue weighted by atomic mass is 19.1. The molecule has 8 heteroatoms. The molecule has 3 rings (SSSR count). The molecule has 0 spiro atoms. The molecule has 2 N–H and O–H groups in total. The highest BCUT2D eigenvalue weighted by Gasteiger charge is 2.30. The molecule has 1 saturated heterocycles. The summed E-state index contributed by atoms with van der Waals surface area (Å²) >= 11 is 0. The lowest BCUT2D eigenvalue weighted by Gasteiger charge is -2.24. The van der Waals surface area contributed by atoms with E-state index in [1.54, 1.807) is 0 Å². The Hall–Kier alpha value is -2.87. The molecule has 142 valence electrons. The van der Waals surface area contributed by atoms with E-state index in [0.29, 0.717) is 18.6 Å². The summed E-state index contributed by atoms with van der Waals surface area (Å²) in [6.45, 7) is 0.513. The van der Waals surface area contributed by atoms with Crippen molar-refractivity contribution in [2.24, 2.45) is 0 Å². The molecule has 0 bridgehead atoms. The Bertz CT molecular complexity index is 837. The van der Waals surface area contributed by atoms with Crippen LogP contribution < -0.4 is 10.6 Å². The summed E-state index contributed by atoms with van der Waals surface area (Å²) in [5.41, 5.74) is 0.131. The van der Waals surface area contributed by atoms with Crippen molar-refractivity contribution in [3.63, 3.8) is 0 Å². The zero-order chi connectivity index (χ0) is 19.4. The van der Waals surface area contributed by atoms with Crippen molar-refractivity contribution >= 4 is 17.5 Å². The third-order valence-electron chi connectivity index (χ3n) is 4.24. The third kappa shape index (κ3) is 4.65. The molecule has 2 amide bonds. The number of ether oxygens (including phenoxy) is 1. The second kappa shape index (κ2) is 8.22. The van der Waals surface area contributed by atoms with Crippen LogP contribution in [0.1, 0.15) is 24.4 Å². The predicted molar refractivity (Wildman–Crippen MR) is 91.2 cm³/mol. The van der Waals surface area contributed by atoms with E-state index >= 15 is 0 Å². The Balaban J connectivity index is 1.74. The molecule has 2 unspecified atom stereocenters. The third-order valence-corrected chi connectivity index (χ3v) is 4.24. The number of amides is 2. The number of nitrogens with one attached hydrogen (secondary N) is 2. The number of benzene rings is 2. The van der Waals surface area contributed by atoms with Crippen LogP contribution in [-0.2, 0) is 14.3 Å². The number of anilines is 1. The van der Waals surface area contributed by atoms with Crippen molar-refractivity contribution in [3.05, 3.63) is 65.5 Å². The van der Waals surface area contributed by atoms with E-state index in [-0.39, 0.29) is 6.10 Å². The summed E-state index contributed by atoms with van der Waals surface area (Å²) in [4.78, 5) is 24.4. The Morgan fingerprint density at radius 1 is 1.00 bits per heavy atom. The van der Waals surface area contributed by atoms with Gasteiger partial charge >= 0.3 is 11.8 Å². The fraction of sp³-hybridized carbons (Fsp3) is 0.263. The Morgan fingerprint density at radius 3 is 2.37 bits per heavy atom. The molecule has 5 nitrogen and oxygen atoms in total. The summed E-state index contributed by atoms with van der Waals surface area (Å²) < 4.78 is 45.6. The summed E-state index contributed by atoms with van der Waals surface area (Å²) in [6.07, 6.45) is 1.07. The van der Waals surface area contributed by atoms with Crippen LogP contribution >= 0.6 is 0 Å². The molecular weight excluding hydrogens is 361 g/mol. The van der Waals surface area contributed by atoms with E-state index < -0.39 is 41.0 Å². The van der Waals surface area contributed by atoms with Crippen molar-refractivity contribution in [1.29, 1.82) is 0 Å². The van der Waals surface area contributed by atoms with Gasteiger partial charge in [0, 0.05) is 12.7 Å². The van der Waals surface area contributed by atoms with Gasteiger partial charge in [-0.25, -0.2) is 13.2 Å². The molecule has 0 radical (unpaired) electrons. The summed E-state index contributed by atoms with van der Waals surface area (Å²) in [5.74, 6) is -4.24. The van der Waals surface area contributed by atoms with Gasteiger partial charge in [0.1, 0.15) is 17.5 Å². The minimum absolute atomic E-state index is 0.377. The summed E-state index contributed by atoms with van der Waals surface area (Å²) in [7, 11) is 0. The van der Waals surface area contributed by atoms with Gasteiger partial charge in [-0.15, -0.1) is 0 Å². The van der Waals surface area contributed by atoms with Crippen LogP contribution in [0.25, 0.3) is 0 Å². The highest BCUT2D eigenvalue weighted by Crippen LogP contribution is 2.27. The van der Waals surface area contributed by atoms with Crippen LogP contribution in [0.4, 0.5) is 18.9 Å². The van der Waals surface area contributed by atoms with Gasteiger partial charge in [-0.05, 0) is 42.7 Å². The van der Waals surface area contributed by atoms with Gasteiger partial charge in [0.05, 0.1) is 17.8 Å². The minimum atomic E-state index is -1.15. The topological polar surface area (TPSA) is 67.4 Å².